The zero-order chi connectivity index (χ0) is 15.3. The van der Waals surface area contributed by atoms with Gasteiger partial charge in [0.1, 0.15) is 0 Å². The fourth-order valence-electron chi connectivity index (χ4n) is 2.68. The Bertz CT molecular complexity index is 909. The fraction of sp³-hybridized carbons (Fsp3) is 0.154. The molecule has 0 saturated heterocycles. The zero-order valence-electron chi connectivity index (χ0n) is 11.2. The summed E-state index contributed by atoms with van der Waals surface area (Å²) in [4.78, 5) is 27.9. The lowest BCUT2D eigenvalue weighted by atomic mass is 10.1. The molecular formula is C13H9ClN6O2. The highest BCUT2D eigenvalue weighted by Gasteiger charge is 2.26. The molecule has 0 radical (unpaired) electrons. The number of rotatable bonds is 2. The van der Waals surface area contributed by atoms with Crippen molar-refractivity contribution in [2.45, 2.75) is 6.42 Å². The number of hydrogen-bond donors (Lipinski definition) is 1. The Labute approximate surface area is 128 Å². The Morgan fingerprint density at radius 2 is 2.23 bits per heavy atom. The van der Waals surface area contributed by atoms with Gasteiger partial charge in [-0.05, 0) is 23.6 Å². The van der Waals surface area contributed by atoms with Crippen LogP contribution in [0, 0.1) is 10.1 Å². The standard InChI is InChI=1S/C13H9ClN6O2/c14-13-17-11-10(15-6-16-11)12(18-13)19-4-3-7-1-2-8(20(21)22)5-9(7)19/h1-2,5-6H,3-4H2,(H,15,16,17,18). The van der Waals surface area contributed by atoms with Gasteiger partial charge >= 0.3 is 0 Å². The lowest BCUT2D eigenvalue weighted by molar-refractivity contribution is -0.384. The maximum absolute atomic E-state index is 11.0. The fourth-order valence-corrected chi connectivity index (χ4v) is 2.85. The largest absolute Gasteiger partial charge is 0.329 e. The monoisotopic (exact) mass is 316 g/mol. The van der Waals surface area contributed by atoms with Crippen molar-refractivity contribution in [3.8, 4) is 0 Å². The highest BCUT2D eigenvalue weighted by Crippen LogP contribution is 2.38. The first-order valence-corrected chi connectivity index (χ1v) is 6.93. The lowest BCUT2D eigenvalue weighted by Gasteiger charge is -2.18. The minimum absolute atomic E-state index is 0.0454. The van der Waals surface area contributed by atoms with Crippen LogP contribution in [-0.4, -0.2) is 31.4 Å². The molecule has 0 atom stereocenters. The first-order chi connectivity index (χ1) is 10.6. The van der Waals surface area contributed by atoms with Crippen LogP contribution in [0.15, 0.2) is 24.5 Å². The maximum Gasteiger partial charge on any atom is 0.271 e. The van der Waals surface area contributed by atoms with E-state index in [1.54, 1.807) is 12.1 Å². The highest BCUT2D eigenvalue weighted by molar-refractivity contribution is 6.28. The third-order valence-corrected chi connectivity index (χ3v) is 3.83. The van der Waals surface area contributed by atoms with Crippen molar-refractivity contribution in [1.29, 1.82) is 0 Å². The highest BCUT2D eigenvalue weighted by atomic mass is 35.5. The van der Waals surface area contributed by atoms with Gasteiger partial charge in [0.2, 0.25) is 5.28 Å². The van der Waals surface area contributed by atoms with Crippen LogP contribution in [0.25, 0.3) is 11.2 Å². The van der Waals surface area contributed by atoms with Crippen LogP contribution in [0.1, 0.15) is 5.56 Å². The topological polar surface area (TPSA) is 101 Å². The molecule has 4 rings (SSSR count). The Morgan fingerprint density at radius 3 is 3.05 bits per heavy atom. The van der Waals surface area contributed by atoms with Gasteiger partial charge in [-0.1, -0.05) is 6.07 Å². The van der Waals surface area contributed by atoms with E-state index in [9.17, 15) is 10.1 Å². The van der Waals surface area contributed by atoms with E-state index in [1.807, 2.05) is 4.90 Å². The minimum atomic E-state index is -0.409. The van der Waals surface area contributed by atoms with Crippen molar-refractivity contribution in [3.63, 3.8) is 0 Å². The summed E-state index contributed by atoms with van der Waals surface area (Å²) in [5.74, 6) is 0.551. The Morgan fingerprint density at radius 1 is 1.36 bits per heavy atom. The van der Waals surface area contributed by atoms with E-state index >= 15 is 0 Å². The van der Waals surface area contributed by atoms with E-state index in [1.165, 1.54) is 12.4 Å². The molecule has 3 aromatic rings. The van der Waals surface area contributed by atoms with Crippen LogP contribution in [0.5, 0.6) is 0 Å². The van der Waals surface area contributed by atoms with Crippen LogP contribution in [0.2, 0.25) is 5.28 Å². The molecule has 8 nitrogen and oxygen atoms in total. The molecule has 0 spiro atoms. The summed E-state index contributed by atoms with van der Waals surface area (Å²) in [7, 11) is 0. The molecule has 1 aliphatic heterocycles. The molecule has 1 aliphatic rings. The molecule has 9 heteroatoms. The smallest absolute Gasteiger partial charge is 0.271 e. The minimum Gasteiger partial charge on any atom is -0.329 e. The van der Waals surface area contributed by atoms with E-state index in [0.717, 1.165) is 17.7 Å². The first-order valence-electron chi connectivity index (χ1n) is 6.55. The molecule has 1 aromatic carbocycles. The van der Waals surface area contributed by atoms with Gasteiger partial charge in [-0.3, -0.25) is 10.1 Å². The number of aromatic amines is 1. The van der Waals surface area contributed by atoms with Crippen molar-refractivity contribution in [2.24, 2.45) is 0 Å². The van der Waals surface area contributed by atoms with Crippen molar-refractivity contribution in [2.75, 3.05) is 11.4 Å². The Hall–Kier alpha value is -2.74. The molecule has 0 aliphatic carbocycles. The van der Waals surface area contributed by atoms with Crippen LogP contribution in [-0.2, 0) is 6.42 Å². The van der Waals surface area contributed by atoms with Gasteiger partial charge in [0.05, 0.1) is 16.9 Å². The number of fused-ring (bicyclic) bond motifs is 2. The molecule has 0 bridgehead atoms. The number of H-pyrrole nitrogens is 1. The van der Waals surface area contributed by atoms with Gasteiger partial charge in [-0.2, -0.15) is 9.97 Å². The van der Waals surface area contributed by atoms with E-state index in [4.69, 9.17) is 11.6 Å². The van der Waals surface area contributed by atoms with Crippen molar-refractivity contribution in [3.05, 3.63) is 45.5 Å². The third kappa shape index (κ3) is 1.88. The molecular weight excluding hydrogens is 308 g/mol. The number of aromatic nitrogens is 4. The number of hydrogen-bond acceptors (Lipinski definition) is 6. The number of nitrogens with one attached hydrogen (secondary N) is 1. The predicted octanol–water partition coefficient (Wildman–Crippen LogP) is 2.61. The number of non-ortho nitro benzene ring substituents is 1. The van der Waals surface area contributed by atoms with Gasteiger partial charge in [0.15, 0.2) is 17.0 Å². The SMILES string of the molecule is O=[N+]([O-])c1ccc2c(c1)N(c1nc(Cl)nc3[nH]cnc13)CC2. The van der Waals surface area contributed by atoms with Gasteiger partial charge in [0, 0.05) is 18.7 Å². The number of nitro groups is 1. The molecule has 0 unspecified atom stereocenters. The van der Waals surface area contributed by atoms with Gasteiger partial charge in [0.25, 0.3) is 5.69 Å². The number of benzene rings is 1. The normalized spacial score (nSPS) is 13.6. The van der Waals surface area contributed by atoms with Gasteiger partial charge in [-0.25, -0.2) is 4.98 Å². The zero-order valence-corrected chi connectivity index (χ0v) is 11.9. The first kappa shape index (κ1) is 13.0. The van der Waals surface area contributed by atoms with Crippen molar-refractivity contribution in [1.82, 2.24) is 19.9 Å². The number of nitro benzene ring substituents is 1. The maximum atomic E-state index is 11.0. The van der Waals surface area contributed by atoms with Gasteiger partial charge in [-0.15, -0.1) is 0 Å². The van der Waals surface area contributed by atoms with E-state index in [2.05, 4.69) is 19.9 Å². The average molecular weight is 317 g/mol. The summed E-state index contributed by atoms with van der Waals surface area (Å²) >= 11 is 5.96. The quantitative estimate of drug-likeness (QED) is 0.443. The number of halogens is 1. The van der Waals surface area contributed by atoms with Crippen LogP contribution >= 0.6 is 11.6 Å². The summed E-state index contributed by atoms with van der Waals surface area (Å²) in [6, 6.07) is 4.84. The van der Waals surface area contributed by atoms with Crippen LogP contribution < -0.4 is 4.90 Å². The molecule has 0 fully saturated rings. The lowest BCUT2D eigenvalue weighted by Crippen LogP contribution is -2.16. The third-order valence-electron chi connectivity index (χ3n) is 3.66. The summed E-state index contributed by atoms with van der Waals surface area (Å²) in [5, 5.41) is 11.1. The molecule has 110 valence electrons. The second kappa shape index (κ2) is 4.63. The molecule has 0 saturated carbocycles. The Kier molecular flexibility index (Phi) is 2.73. The van der Waals surface area contributed by atoms with Gasteiger partial charge < -0.3 is 9.88 Å². The summed E-state index contributed by atoms with van der Waals surface area (Å²) in [6.45, 7) is 0.659. The average Bonchev–Trinajstić information content (AvgIpc) is 3.11. The molecule has 0 amide bonds. The predicted molar refractivity (Wildman–Crippen MR) is 80.5 cm³/mol. The second-order valence-corrected chi connectivity index (χ2v) is 5.23. The molecule has 2 aromatic heterocycles. The molecule has 1 N–H and O–H groups in total. The summed E-state index contributed by atoms with van der Waals surface area (Å²) in [5.41, 5.74) is 2.96. The molecule has 22 heavy (non-hydrogen) atoms. The van der Waals surface area contributed by atoms with Crippen LogP contribution in [0.3, 0.4) is 0 Å². The summed E-state index contributed by atoms with van der Waals surface area (Å²) < 4.78 is 0. The second-order valence-electron chi connectivity index (χ2n) is 4.89. The van der Waals surface area contributed by atoms with E-state index in [-0.39, 0.29) is 11.0 Å². The van der Waals surface area contributed by atoms with E-state index < -0.39 is 4.92 Å². The van der Waals surface area contributed by atoms with Crippen molar-refractivity contribution < 1.29 is 4.92 Å². The van der Waals surface area contributed by atoms with Crippen LogP contribution in [0.4, 0.5) is 17.2 Å². The number of anilines is 2. The van der Waals surface area contributed by atoms with Crippen molar-refractivity contribution >= 4 is 40.0 Å². The number of imidazole rings is 1. The summed E-state index contributed by atoms with van der Waals surface area (Å²) in [6.07, 6.45) is 2.30. The Balaban J connectivity index is 1.90. The molecule has 3 heterocycles. The number of nitrogens with zero attached hydrogens (tertiary/aromatic N) is 5. The van der Waals surface area contributed by atoms with E-state index in [0.29, 0.717) is 23.5 Å².